The number of nitrogens with two attached hydrogens (primary N) is 1. The number of anilines is 1. The standard InChI is InChI=1S/C13H17N3O2S/c1-10(11-3-5-12(14)6-4-11)15-19(17,18)13-7-8-16(2)9-13/h3-10,15H,14H2,1-2H3. The first-order valence-corrected chi connectivity index (χ1v) is 7.36. The Labute approximate surface area is 113 Å². The number of hydrogen-bond donors (Lipinski definition) is 2. The van der Waals surface area contributed by atoms with E-state index in [9.17, 15) is 8.42 Å². The fourth-order valence-electron chi connectivity index (χ4n) is 1.79. The van der Waals surface area contributed by atoms with Gasteiger partial charge in [-0.1, -0.05) is 12.1 Å². The summed E-state index contributed by atoms with van der Waals surface area (Å²) in [5.41, 5.74) is 7.13. The first-order chi connectivity index (χ1) is 8.88. The molecule has 5 nitrogen and oxygen atoms in total. The van der Waals surface area contributed by atoms with Gasteiger partial charge in [0.1, 0.15) is 0 Å². The van der Waals surface area contributed by atoms with Crippen molar-refractivity contribution < 1.29 is 8.42 Å². The van der Waals surface area contributed by atoms with Gasteiger partial charge in [-0.25, -0.2) is 13.1 Å². The van der Waals surface area contributed by atoms with E-state index in [4.69, 9.17) is 5.73 Å². The molecule has 0 aliphatic carbocycles. The van der Waals surface area contributed by atoms with E-state index in [1.807, 2.05) is 12.1 Å². The first-order valence-electron chi connectivity index (χ1n) is 5.88. The zero-order chi connectivity index (χ0) is 14.0. The lowest BCUT2D eigenvalue weighted by atomic mass is 10.1. The molecule has 0 amide bonds. The quantitative estimate of drug-likeness (QED) is 0.835. The maximum absolute atomic E-state index is 12.1. The van der Waals surface area contributed by atoms with Gasteiger partial charge in [-0.2, -0.15) is 0 Å². The fourth-order valence-corrected chi connectivity index (χ4v) is 3.07. The third kappa shape index (κ3) is 3.15. The lowest BCUT2D eigenvalue weighted by Gasteiger charge is -2.14. The molecule has 0 saturated carbocycles. The Morgan fingerprint density at radius 1 is 1.21 bits per heavy atom. The molecule has 1 aromatic carbocycles. The van der Waals surface area contributed by atoms with E-state index in [-0.39, 0.29) is 10.9 Å². The molecule has 0 aliphatic rings. The van der Waals surface area contributed by atoms with Gasteiger partial charge in [0.15, 0.2) is 0 Å². The Morgan fingerprint density at radius 3 is 2.37 bits per heavy atom. The van der Waals surface area contributed by atoms with Gasteiger partial charge in [0.05, 0.1) is 4.90 Å². The molecule has 0 saturated heterocycles. The summed E-state index contributed by atoms with van der Waals surface area (Å²) in [6, 6.07) is 8.38. The molecule has 19 heavy (non-hydrogen) atoms. The minimum absolute atomic E-state index is 0.261. The number of aryl methyl sites for hydroxylation is 1. The molecule has 0 fully saturated rings. The van der Waals surface area contributed by atoms with Gasteiger partial charge < -0.3 is 10.3 Å². The maximum atomic E-state index is 12.1. The molecule has 0 spiro atoms. The van der Waals surface area contributed by atoms with Crippen LogP contribution in [0.5, 0.6) is 0 Å². The SMILES string of the molecule is CC(NS(=O)(=O)c1ccn(C)c1)c1ccc(N)cc1. The van der Waals surface area contributed by atoms with Crippen molar-refractivity contribution in [2.45, 2.75) is 17.9 Å². The van der Waals surface area contributed by atoms with Gasteiger partial charge in [-0.05, 0) is 30.7 Å². The van der Waals surface area contributed by atoms with Crippen LogP contribution in [0.4, 0.5) is 5.69 Å². The van der Waals surface area contributed by atoms with Crippen LogP contribution in [-0.2, 0) is 17.1 Å². The number of rotatable bonds is 4. The van der Waals surface area contributed by atoms with E-state index >= 15 is 0 Å². The van der Waals surface area contributed by atoms with Crippen molar-refractivity contribution in [2.24, 2.45) is 7.05 Å². The van der Waals surface area contributed by atoms with Crippen molar-refractivity contribution in [3.8, 4) is 0 Å². The highest BCUT2D eigenvalue weighted by Gasteiger charge is 2.18. The van der Waals surface area contributed by atoms with Crippen LogP contribution in [0, 0.1) is 0 Å². The summed E-state index contributed by atoms with van der Waals surface area (Å²) in [5.74, 6) is 0. The molecule has 1 heterocycles. The van der Waals surface area contributed by atoms with Crippen LogP contribution in [0.15, 0.2) is 47.6 Å². The van der Waals surface area contributed by atoms with Gasteiger partial charge in [0, 0.05) is 31.2 Å². The summed E-state index contributed by atoms with van der Waals surface area (Å²) in [6.07, 6.45) is 3.26. The van der Waals surface area contributed by atoms with Crippen LogP contribution in [0.1, 0.15) is 18.5 Å². The molecule has 1 atom stereocenters. The Bertz CT molecular complexity index is 659. The molecule has 2 aromatic rings. The van der Waals surface area contributed by atoms with Gasteiger partial charge in [0.2, 0.25) is 10.0 Å². The second-order valence-electron chi connectivity index (χ2n) is 4.52. The number of nitrogens with zero attached hydrogens (tertiary/aromatic N) is 1. The van der Waals surface area contributed by atoms with Crippen LogP contribution in [-0.4, -0.2) is 13.0 Å². The highest BCUT2D eigenvalue weighted by Crippen LogP contribution is 2.18. The van der Waals surface area contributed by atoms with Crippen molar-refractivity contribution in [3.63, 3.8) is 0 Å². The smallest absolute Gasteiger partial charge is 0.242 e. The van der Waals surface area contributed by atoms with Gasteiger partial charge >= 0.3 is 0 Å². The normalized spacial score (nSPS) is 13.4. The third-order valence-corrected chi connectivity index (χ3v) is 4.41. The maximum Gasteiger partial charge on any atom is 0.242 e. The summed E-state index contributed by atoms with van der Waals surface area (Å²) in [4.78, 5) is 0.261. The average Bonchev–Trinajstić information content (AvgIpc) is 2.77. The number of hydrogen-bond acceptors (Lipinski definition) is 3. The van der Waals surface area contributed by atoms with Crippen molar-refractivity contribution >= 4 is 15.7 Å². The zero-order valence-electron chi connectivity index (χ0n) is 10.9. The number of aromatic nitrogens is 1. The molecular formula is C13H17N3O2S. The molecule has 2 rings (SSSR count). The van der Waals surface area contributed by atoms with Crippen LogP contribution < -0.4 is 10.5 Å². The van der Waals surface area contributed by atoms with Crippen LogP contribution in [0.2, 0.25) is 0 Å². The van der Waals surface area contributed by atoms with Gasteiger partial charge in [-0.15, -0.1) is 0 Å². The molecule has 0 radical (unpaired) electrons. The monoisotopic (exact) mass is 279 g/mol. The van der Waals surface area contributed by atoms with Crippen molar-refractivity contribution in [1.29, 1.82) is 0 Å². The van der Waals surface area contributed by atoms with Crippen LogP contribution >= 0.6 is 0 Å². The second kappa shape index (κ2) is 5.07. The predicted molar refractivity (Wildman–Crippen MR) is 75.0 cm³/mol. The van der Waals surface area contributed by atoms with Crippen molar-refractivity contribution in [1.82, 2.24) is 9.29 Å². The lowest BCUT2D eigenvalue weighted by Crippen LogP contribution is -2.26. The Balaban J connectivity index is 2.18. The highest BCUT2D eigenvalue weighted by molar-refractivity contribution is 7.89. The van der Waals surface area contributed by atoms with E-state index < -0.39 is 10.0 Å². The van der Waals surface area contributed by atoms with E-state index in [0.717, 1.165) is 5.56 Å². The minimum Gasteiger partial charge on any atom is -0.399 e. The zero-order valence-corrected chi connectivity index (χ0v) is 11.7. The number of nitrogens with one attached hydrogen (secondary N) is 1. The summed E-state index contributed by atoms with van der Waals surface area (Å²) < 4.78 is 28.6. The summed E-state index contributed by atoms with van der Waals surface area (Å²) in [6.45, 7) is 1.80. The Morgan fingerprint density at radius 2 is 1.84 bits per heavy atom. The molecule has 3 N–H and O–H groups in total. The van der Waals surface area contributed by atoms with E-state index in [1.54, 1.807) is 49.1 Å². The fraction of sp³-hybridized carbons (Fsp3) is 0.231. The van der Waals surface area contributed by atoms with E-state index in [2.05, 4.69) is 4.72 Å². The Hall–Kier alpha value is -1.79. The van der Waals surface area contributed by atoms with Gasteiger partial charge in [-0.3, -0.25) is 0 Å². The lowest BCUT2D eigenvalue weighted by molar-refractivity contribution is 0.567. The highest BCUT2D eigenvalue weighted by atomic mass is 32.2. The number of sulfonamides is 1. The number of nitrogen functional groups attached to an aromatic ring is 1. The summed E-state index contributed by atoms with van der Waals surface area (Å²) in [7, 11) is -1.72. The van der Waals surface area contributed by atoms with Crippen LogP contribution in [0.25, 0.3) is 0 Å². The summed E-state index contributed by atoms with van der Waals surface area (Å²) >= 11 is 0. The third-order valence-electron chi connectivity index (χ3n) is 2.88. The molecule has 1 aromatic heterocycles. The van der Waals surface area contributed by atoms with Crippen molar-refractivity contribution in [2.75, 3.05) is 5.73 Å². The molecule has 102 valence electrons. The first kappa shape index (κ1) is 13.6. The largest absolute Gasteiger partial charge is 0.399 e. The van der Waals surface area contributed by atoms with Crippen molar-refractivity contribution in [3.05, 3.63) is 48.3 Å². The molecule has 6 heteroatoms. The molecule has 1 unspecified atom stereocenters. The summed E-state index contributed by atoms with van der Waals surface area (Å²) in [5, 5.41) is 0. The van der Waals surface area contributed by atoms with E-state index in [1.165, 1.54) is 0 Å². The predicted octanol–water partition coefficient (Wildman–Crippen LogP) is 1.65. The molecule has 0 bridgehead atoms. The Kier molecular flexibility index (Phi) is 3.64. The number of benzene rings is 1. The van der Waals surface area contributed by atoms with Gasteiger partial charge in [0.25, 0.3) is 0 Å². The molecule has 0 aliphatic heterocycles. The minimum atomic E-state index is -3.50. The second-order valence-corrected chi connectivity index (χ2v) is 6.24. The average molecular weight is 279 g/mol. The van der Waals surface area contributed by atoms with Crippen LogP contribution in [0.3, 0.4) is 0 Å². The molecular weight excluding hydrogens is 262 g/mol. The van der Waals surface area contributed by atoms with E-state index in [0.29, 0.717) is 5.69 Å². The topological polar surface area (TPSA) is 77.1 Å².